The van der Waals surface area contributed by atoms with Crippen LogP contribution in [-0.2, 0) is 0 Å². The summed E-state index contributed by atoms with van der Waals surface area (Å²) < 4.78 is 0. The quantitative estimate of drug-likeness (QED) is 0.634. The lowest BCUT2D eigenvalue weighted by atomic mass is 10.1. The smallest absolute Gasteiger partial charge is 0.170 e. The van der Waals surface area contributed by atoms with Gasteiger partial charge in [0.05, 0.1) is 11.6 Å². The number of unbranched alkanes of at least 4 members (excludes halogenated alkanes) is 1. The molecule has 0 unspecified atom stereocenters. The number of nitrogens with zero attached hydrogens (tertiary/aromatic N) is 1. The van der Waals surface area contributed by atoms with Gasteiger partial charge in [0.2, 0.25) is 0 Å². The lowest BCUT2D eigenvalue weighted by Crippen LogP contribution is -2.29. The first kappa shape index (κ1) is 13.5. The zero-order valence-corrected chi connectivity index (χ0v) is 11.0. The van der Waals surface area contributed by atoms with Crippen LogP contribution < -0.4 is 10.6 Å². The van der Waals surface area contributed by atoms with Crippen molar-refractivity contribution in [2.75, 3.05) is 11.9 Å². The summed E-state index contributed by atoms with van der Waals surface area (Å²) in [6.45, 7) is 4.97. The zero-order chi connectivity index (χ0) is 12.7. The fourth-order valence-corrected chi connectivity index (χ4v) is 1.69. The Bertz CT molecular complexity index is 435. The van der Waals surface area contributed by atoms with Crippen molar-refractivity contribution < 1.29 is 0 Å². The van der Waals surface area contributed by atoms with E-state index in [-0.39, 0.29) is 0 Å². The summed E-state index contributed by atoms with van der Waals surface area (Å²) in [6, 6.07) is 7.74. The van der Waals surface area contributed by atoms with Gasteiger partial charge in [-0.2, -0.15) is 5.26 Å². The molecule has 0 aliphatic heterocycles. The summed E-state index contributed by atoms with van der Waals surface area (Å²) in [6.07, 6.45) is 2.23. The maximum atomic E-state index is 8.87. The van der Waals surface area contributed by atoms with Crippen LogP contribution in [0.3, 0.4) is 0 Å². The number of anilines is 1. The number of rotatable bonds is 4. The Morgan fingerprint density at radius 3 is 2.82 bits per heavy atom. The average Bonchev–Trinajstić information content (AvgIpc) is 2.28. The molecule has 0 aliphatic rings. The number of hydrogen-bond acceptors (Lipinski definition) is 2. The van der Waals surface area contributed by atoms with Gasteiger partial charge in [-0.05, 0) is 49.3 Å². The molecular weight excluding hydrogens is 230 g/mol. The van der Waals surface area contributed by atoms with Gasteiger partial charge in [0.15, 0.2) is 5.11 Å². The lowest BCUT2D eigenvalue weighted by molar-refractivity contribution is 0.758. The third-order valence-corrected chi connectivity index (χ3v) is 2.53. The molecule has 1 aromatic rings. The van der Waals surface area contributed by atoms with Gasteiger partial charge < -0.3 is 10.6 Å². The Hall–Kier alpha value is -1.60. The third-order valence-electron chi connectivity index (χ3n) is 2.28. The van der Waals surface area contributed by atoms with E-state index >= 15 is 0 Å². The van der Waals surface area contributed by atoms with Gasteiger partial charge >= 0.3 is 0 Å². The molecule has 2 N–H and O–H groups in total. The second-order valence-corrected chi connectivity index (χ2v) is 4.34. The molecule has 0 aliphatic carbocycles. The molecule has 90 valence electrons. The summed E-state index contributed by atoms with van der Waals surface area (Å²) in [4.78, 5) is 0. The lowest BCUT2D eigenvalue weighted by Gasteiger charge is -2.10. The number of nitrogens with one attached hydrogen (secondary N) is 2. The van der Waals surface area contributed by atoms with E-state index in [1.807, 2.05) is 19.1 Å². The van der Waals surface area contributed by atoms with Crippen molar-refractivity contribution >= 4 is 23.0 Å². The van der Waals surface area contributed by atoms with Crippen LogP contribution in [0.15, 0.2) is 18.2 Å². The van der Waals surface area contributed by atoms with Gasteiger partial charge in [0.25, 0.3) is 0 Å². The standard InChI is InChI=1S/C13H17N3S/c1-3-4-5-15-13(17)16-12-7-10(2)6-11(8-12)9-14/h6-8H,3-5H2,1-2H3,(H2,15,16,17). The van der Waals surface area contributed by atoms with E-state index in [9.17, 15) is 0 Å². The SMILES string of the molecule is CCCCNC(=S)Nc1cc(C)cc(C#N)c1. The van der Waals surface area contributed by atoms with Gasteiger partial charge in [0, 0.05) is 12.2 Å². The van der Waals surface area contributed by atoms with Crippen molar-refractivity contribution in [3.8, 4) is 6.07 Å². The second kappa shape index (κ2) is 6.87. The van der Waals surface area contributed by atoms with Gasteiger partial charge in [-0.25, -0.2) is 0 Å². The van der Waals surface area contributed by atoms with Crippen molar-refractivity contribution in [1.29, 1.82) is 5.26 Å². The zero-order valence-electron chi connectivity index (χ0n) is 10.2. The van der Waals surface area contributed by atoms with Gasteiger partial charge in [-0.3, -0.25) is 0 Å². The highest BCUT2D eigenvalue weighted by Gasteiger charge is 2.00. The van der Waals surface area contributed by atoms with Gasteiger partial charge in [-0.15, -0.1) is 0 Å². The Morgan fingerprint density at radius 1 is 1.41 bits per heavy atom. The summed E-state index contributed by atoms with van der Waals surface area (Å²) in [5, 5.41) is 15.7. The summed E-state index contributed by atoms with van der Waals surface area (Å²) in [7, 11) is 0. The fourth-order valence-electron chi connectivity index (χ4n) is 1.47. The molecule has 0 fully saturated rings. The Labute approximate surface area is 108 Å². The first-order chi connectivity index (χ1) is 8.15. The third kappa shape index (κ3) is 4.83. The molecular formula is C13H17N3S. The summed E-state index contributed by atoms with van der Waals surface area (Å²) in [5.74, 6) is 0. The minimum absolute atomic E-state index is 0.605. The number of hydrogen-bond donors (Lipinski definition) is 2. The minimum atomic E-state index is 0.605. The van der Waals surface area contributed by atoms with E-state index in [4.69, 9.17) is 17.5 Å². The van der Waals surface area contributed by atoms with Crippen molar-refractivity contribution in [2.24, 2.45) is 0 Å². The number of benzene rings is 1. The molecule has 17 heavy (non-hydrogen) atoms. The maximum Gasteiger partial charge on any atom is 0.170 e. The molecule has 0 amide bonds. The fraction of sp³-hybridized carbons (Fsp3) is 0.385. The van der Waals surface area contributed by atoms with E-state index in [1.54, 1.807) is 6.07 Å². The van der Waals surface area contributed by atoms with Crippen LogP contribution in [0.5, 0.6) is 0 Å². The molecule has 0 atom stereocenters. The molecule has 0 spiro atoms. The van der Waals surface area contributed by atoms with Crippen molar-refractivity contribution in [3.05, 3.63) is 29.3 Å². The average molecular weight is 247 g/mol. The molecule has 0 radical (unpaired) electrons. The molecule has 1 aromatic carbocycles. The largest absolute Gasteiger partial charge is 0.362 e. The van der Waals surface area contributed by atoms with E-state index in [0.29, 0.717) is 10.7 Å². The molecule has 3 nitrogen and oxygen atoms in total. The predicted octanol–water partition coefficient (Wildman–Crippen LogP) is 2.95. The van der Waals surface area contributed by atoms with Crippen molar-refractivity contribution in [3.63, 3.8) is 0 Å². The van der Waals surface area contributed by atoms with E-state index in [0.717, 1.165) is 30.6 Å². The Kier molecular flexibility index (Phi) is 5.44. The topological polar surface area (TPSA) is 47.8 Å². The number of nitriles is 1. The highest BCUT2D eigenvalue weighted by atomic mass is 32.1. The van der Waals surface area contributed by atoms with Gasteiger partial charge in [0.1, 0.15) is 0 Å². The predicted molar refractivity (Wildman–Crippen MR) is 75.0 cm³/mol. The van der Waals surface area contributed by atoms with Crippen LogP contribution in [0.1, 0.15) is 30.9 Å². The Morgan fingerprint density at radius 2 is 2.18 bits per heavy atom. The molecule has 0 aromatic heterocycles. The van der Waals surface area contributed by atoms with Crippen molar-refractivity contribution in [2.45, 2.75) is 26.7 Å². The summed E-state index contributed by atoms with van der Waals surface area (Å²) >= 11 is 5.17. The van der Waals surface area contributed by atoms with Gasteiger partial charge in [-0.1, -0.05) is 13.3 Å². The highest BCUT2D eigenvalue weighted by molar-refractivity contribution is 7.80. The molecule has 4 heteroatoms. The van der Waals surface area contributed by atoms with Crippen LogP contribution in [0, 0.1) is 18.3 Å². The van der Waals surface area contributed by atoms with Crippen LogP contribution in [-0.4, -0.2) is 11.7 Å². The monoisotopic (exact) mass is 247 g/mol. The highest BCUT2D eigenvalue weighted by Crippen LogP contribution is 2.13. The molecule has 0 saturated carbocycles. The van der Waals surface area contributed by atoms with Crippen LogP contribution >= 0.6 is 12.2 Å². The molecule has 0 saturated heterocycles. The van der Waals surface area contributed by atoms with Crippen LogP contribution in [0.25, 0.3) is 0 Å². The maximum absolute atomic E-state index is 8.87. The van der Waals surface area contributed by atoms with Crippen molar-refractivity contribution in [1.82, 2.24) is 5.32 Å². The molecule has 0 heterocycles. The number of thiocarbonyl (C=S) groups is 1. The number of aryl methyl sites for hydroxylation is 1. The van der Waals surface area contributed by atoms with E-state index < -0.39 is 0 Å². The van der Waals surface area contributed by atoms with Crippen LogP contribution in [0.2, 0.25) is 0 Å². The Balaban J connectivity index is 2.59. The minimum Gasteiger partial charge on any atom is -0.362 e. The van der Waals surface area contributed by atoms with Crippen LogP contribution in [0.4, 0.5) is 5.69 Å². The first-order valence-electron chi connectivity index (χ1n) is 5.72. The van der Waals surface area contributed by atoms with E-state index in [2.05, 4.69) is 23.6 Å². The first-order valence-corrected chi connectivity index (χ1v) is 6.13. The normalized spacial score (nSPS) is 9.47. The summed E-state index contributed by atoms with van der Waals surface area (Å²) in [5.41, 5.74) is 2.54. The molecule has 1 rings (SSSR count). The second-order valence-electron chi connectivity index (χ2n) is 3.93. The van der Waals surface area contributed by atoms with E-state index in [1.165, 1.54) is 0 Å². The molecule has 0 bridgehead atoms.